The lowest BCUT2D eigenvalue weighted by Gasteiger charge is -2.14. The van der Waals surface area contributed by atoms with Crippen LogP contribution in [0.1, 0.15) is 194 Å². The zero-order valence-corrected chi connectivity index (χ0v) is 28.5. The Morgan fingerprint density at radius 1 is 0.535 bits per heavy atom. The first-order valence-corrected chi connectivity index (χ1v) is 18.5. The lowest BCUT2D eigenvalue weighted by molar-refractivity contribution is -0.147. The molecule has 0 aromatic carbocycles. The Morgan fingerprint density at radius 3 is 1.53 bits per heavy atom. The Bertz CT molecular complexity index is 693. The van der Waals surface area contributed by atoms with Gasteiger partial charge in [-0.25, -0.2) is 0 Å². The first-order valence-electron chi connectivity index (χ1n) is 18.5. The lowest BCUT2D eigenvalue weighted by Crippen LogP contribution is -2.16. The summed E-state index contributed by atoms with van der Waals surface area (Å²) >= 11 is 0. The standard InChI is InChI=1S/C39H70O4/c1-3-5-7-9-11-13-14-15-16-17-18-19-20-22-24-26-32-36-39(42)43-37(34-30-27-28-31-35-38(40)41)33-29-25-23-21-12-10-8-6-4-2/h15-16,21,23,29,33,37H,3-14,17-20,22,24-28,30-32,34-36H2,1-2H3,(H,40,41)/b16-15-,23-21-,33-29-. The van der Waals surface area contributed by atoms with Gasteiger partial charge in [0.05, 0.1) is 0 Å². The number of unbranched alkanes of at least 4 members (excludes halogenated alkanes) is 20. The van der Waals surface area contributed by atoms with E-state index in [0.29, 0.717) is 6.42 Å². The molecule has 0 saturated carbocycles. The van der Waals surface area contributed by atoms with E-state index >= 15 is 0 Å². The van der Waals surface area contributed by atoms with Gasteiger partial charge >= 0.3 is 11.9 Å². The van der Waals surface area contributed by atoms with Crippen molar-refractivity contribution in [2.75, 3.05) is 0 Å². The zero-order chi connectivity index (χ0) is 31.5. The highest BCUT2D eigenvalue weighted by Gasteiger charge is 2.11. The maximum Gasteiger partial charge on any atom is 0.306 e. The third-order valence-corrected chi connectivity index (χ3v) is 8.07. The molecule has 0 aliphatic heterocycles. The van der Waals surface area contributed by atoms with E-state index in [0.717, 1.165) is 57.8 Å². The number of carboxylic acids is 1. The van der Waals surface area contributed by atoms with Crippen molar-refractivity contribution in [2.45, 2.75) is 200 Å². The molecule has 1 N–H and O–H groups in total. The highest BCUT2D eigenvalue weighted by Crippen LogP contribution is 2.15. The van der Waals surface area contributed by atoms with Crippen molar-refractivity contribution in [3.63, 3.8) is 0 Å². The molecule has 4 nitrogen and oxygen atoms in total. The number of rotatable bonds is 33. The third kappa shape index (κ3) is 34.5. The Labute approximate surface area is 267 Å². The number of carbonyl (C=O) groups is 2. The summed E-state index contributed by atoms with van der Waals surface area (Å²) in [4.78, 5) is 23.3. The molecule has 0 fully saturated rings. The Morgan fingerprint density at radius 2 is 0.977 bits per heavy atom. The monoisotopic (exact) mass is 603 g/mol. The second kappa shape index (κ2) is 34.6. The number of carboxylic acid groups (broad SMARTS) is 1. The van der Waals surface area contributed by atoms with Crippen molar-refractivity contribution in [2.24, 2.45) is 0 Å². The van der Waals surface area contributed by atoms with Crippen molar-refractivity contribution >= 4 is 11.9 Å². The molecule has 0 amide bonds. The van der Waals surface area contributed by atoms with Crippen LogP contribution in [0.2, 0.25) is 0 Å². The molecule has 0 aliphatic rings. The van der Waals surface area contributed by atoms with Crippen LogP contribution in [0.3, 0.4) is 0 Å². The van der Waals surface area contributed by atoms with Crippen LogP contribution < -0.4 is 0 Å². The van der Waals surface area contributed by atoms with Gasteiger partial charge in [0.15, 0.2) is 0 Å². The van der Waals surface area contributed by atoms with Gasteiger partial charge in [-0.15, -0.1) is 0 Å². The molecule has 0 aromatic rings. The Hall–Kier alpha value is -1.84. The van der Waals surface area contributed by atoms with Gasteiger partial charge in [-0.3, -0.25) is 9.59 Å². The molecule has 4 heteroatoms. The van der Waals surface area contributed by atoms with Crippen LogP contribution in [0.25, 0.3) is 0 Å². The third-order valence-electron chi connectivity index (χ3n) is 8.07. The molecule has 0 saturated heterocycles. The number of carbonyl (C=O) groups excluding carboxylic acids is 1. The topological polar surface area (TPSA) is 63.6 Å². The summed E-state index contributed by atoms with van der Waals surface area (Å²) in [6, 6.07) is 0. The van der Waals surface area contributed by atoms with Gasteiger partial charge in [0.25, 0.3) is 0 Å². The number of allylic oxidation sites excluding steroid dienone is 5. The molecule has 0 radical (unpaired) electrons. The van der Waals surface area contributed by atoms with E-state index in [1.807, 2.05) is 0 Å². The molecule has 0 rings (SSSR count). The molecule has 1 unspecified atom stereocenters. The molecule has 0 aromatic heterocycles. The van der Waals surface area contributed by atoms with Gasteiger partial charge in [-0.1, -0.05) is 141 Å². The molecule has 0 aliphatic carbocycles. The van der Waals surface area contributed by atoms with E-state index in [9.17, 15) is 9.59 Å². The quantitative estimate of drug-likeness (QED) is 0.0461. The summed E-state index contributed by atoms with van der Waals surface area (Å²) in [5.41, 5.74) is 0. The smallest absolute Gasteiger partial charge is 0.306 e. The molecule has 0 heterocycles. The van der Waals surface area contributed by atoms with Gasteiger partial charge in [-0.05, 0) is 76.7 Å². The van der Waals surface area contributed by atoms with Gasteiger partial charge in [0.1, 0.15) is 6.10 Å². The molecule has 250 valence electrons. The molecule has 0 spiro atoms. The SMILES string of the molecule is CCCCCC/C=C\C/C=C\C(CCCCCCC(=O)O)OC(=O)CCCCCCCCC/C=C\CCCCCCCC. The maximum absolute atomic E-state index is 12.5. The molecule has 0 bridgehead atoms. The summed E-state index contributed by atoms with van der Waals surface area (Å²) < 4.78 is 5.85. The van der Waals surface area contributed by atoms with Crippen molar-refractivity contribution in [1.82, 2.24) is 0 Å². The van der Waals surface area contributed by atoms with Crippen LogP contribution in [0.5, 0.6) is 0 Å². The van der Waals surface area contributed by atoms with E-state index in [1.54, 1.807) is 0 Å². The molecular formula is C39H70O4. The summed E-state index contributed by atoms with van der Waals surface area (Å²) in [5.74, 6) is -0.810. The van der Waals surface area contributed by atoms with Gasteiger partial charge in [-0.2, -0.15) is 0 Å². The fourth-order valence-corrected chi connectivity index (χ4v) is 5.30. The van der Waals surface area contributed by atoms with Crippen LogP contribution in [0.4, 0.5) is 0 Å². The first kappa shape index (κ1) is 41.2. The summed E-state index contributed by atoms with van der Waals surface area (Å²) in [5, 5.41) is 8.81. The van der Waals surface area contributed by atoms with Crippen LogP contribution >= 0.6 is 0 Å². The number of aliphatic carboxylic acids is 1. The summed E-state index contributed by atoms with van der Waals surface area (Å²) in [7, 11) is 0. The first-order chi connectivity index (χ1) is 21.1. The minimum absolute atomic E-state index is 0.0836. The summed E-state index contributed by atoms with van der Waals surface area (Å²) in [6.45, 7) is 4.51. The van der Waals surface area contributed by atoms with Crippen molar-refractivity contribution in [3.8, 4) is 0 Å². The fraction of sp³-hybridized carbons (Fsp3) is 0.795. The number of ether oxygens (including phenoxy) is 1. The zero-order valence-electron chi connectivity index (χ0n) is 28.5. The molecule has 1 atom stereocenters. The predicted molar refractivity (Wildman–Crippen MR) is 186 cm³/mol. The van der Waals surface area contributed by atoms with Crippen molar-refractivity contribution in [3.05, 3.63) is 36.5 Å². The second-order valence-electron chi connectivity index (χ2n) is 12.4. The number of esters is 1. The largest absolute Gasteiger partial charge is 0.481 e. The minimum Gasteiger partial charge on any atom is -0.481 e. The van der Waals surface area contributed by atoms with Crippen molar-refractivity contribution < 1.29 is 19.4 Å². The van der Waals surface area contributed by atoms with Gasteiger partial charge in [0, 0.05) is 12.8 Å². The van der Waals surface area contributed by atoms with Gasteiger partial charge < -0.3 is 9.84 Å². The van der Waals surface area contributed by atoms with E-state index in [2.05, 4.69) is 50.3 Å². The maximum atomic E-state index is 12.5. The molecule has 43 heavy (non-hydrogen) atoms. The highest BCUT2D eigenvalue weighted by molar-refractivity contribution is 5.69. The Kier molecular flexibility index (Phi) is 33.2. The van der Waals surface area contributed by atoms with E-state index in [-0.39, 0.29) is 18.5 Å². The average Bonchev–Trinajstić information content (AvgIpc) is 2.99. The van der Waals surface area contributed by atoms with Gasteiger partial charge in [0.2, 0.25) is 0 Å². The fourth-order valence-electron chi connectivity index (χ4n) is 5.30. The number of hydrogen-bond acceptors (Lipinski definition) is 3. The second-order valence-corrected chi connectivity index (χ2v) is 12.4. The Balaban J connectivity index is 4.02. The van der Waals surface area contributed by atoms with Crippen LogP contribution in [0, 0.1) is 0 Å². The number of hydrogen-bond donors (Lipinski definition) is 1. The van der Waals surface area contributed by atoms with Crippen LogP contribution in [-0.4, -0.2) is 23.1 Å². The van der Waals surface area contributed by atoms with E-state index in [4.69, 9.17) is 9.84 Å². The molecular weight excluding hydrogens is 532 g/mol. The lowest BCUT2D eigenvalue weighted by atomic mass is 10.1. The average molecular weight is 603 g/mol. The van der Waals surface area contributed by atoms with Crippen LogP contribution in [0.15, 0.2) is 36.5 Å². The van der Waals surface area contributed by atoms with Crippen molar-refractivity contribution in [1.29, 1.82) is 0 Å². The summed E-state index contributed by atoms with van der Waals surface area (Å²) in [6.07, 6.45) is 44.6. The van der Waals surface area contributed by atoms with E-state index < -0.39 is 5.97 Å². The van der Waals surface area contributed by atoms with Crippen LogP contribution in [-0.2, 0) is 14.3 Å². The predicted octanol–water partition coefficient (Wildman–Crippen LogP) is 12.6. The highest BCUT2D eigenvalue weighted by atomic mass is 16.5. The minimum atomic E-state index is -0.727. The van der Waals surface area contributed by atoms with E-state index in [1.165, 1.54) is 109 Å². The normalized spacial score (nSPS) is 12.6.